The van der Waals surface area contributed by atoms with Crippen LogP contribution in [0.15, 0.2) is 23.2 Å². The fraction of sp³-hybridized carbons (Fsp3) is 0.455. The highest BCUT2D eigenvalue weighted by molar-refractivity contribution is 7.90. The van der Waals surface area contributed by atoms with Crippen molar-refractivity contribution in [2.75, 3.05) is 11.6 Å². The van der Waals surface area contributed by atoms with Crippen molar-refractivity contribution in [1.82, 2.24) is 4.98 Å². The summed E-state index contributed by atoms with van der Waals surface area (Å²) in [5.74, 6) is -0.603. The number of rotatable bonds is 6. The molecule has 0 aliphatic carbocycles. The van der Waals surface area contributed by atoms with Crippen molar-refractivity contribution in [3.63, 3.8) is 0 Å². The van der Waals surface area contributed by atoms with Crippen molar-refractivity contribution >= 4 is 21.6 Å². The zero-order valence-corrected chi connectivity index (χ0v) is 11.1. The van der Waals surface area contributed by atoms with Crippen LogP contribution in [0, 0.1) is 0 Å². The van der Waals surface area contributed by atoms with Gasteiger partial charge >= 0.3 is 5.97 Å². The average Bonchev–Trinajstić information content (AvgIpc) is 2.28. The number of pyridine rings is 1. The van der Waals surface area contributed by atoms with Gasteiger partial charge in [0.05, 0.1) is 4.90 Å². The second-order valence-electron chi connectivity index (χ2n) is 3.98. The van der Waals surface area contributed by atoms with Gasteiger partial charge in [-0.2, -0.15) is 0 Å². The Morgan fingerprint density at radius 2 is 2.17 bits per heavy atom. The predicted octanol–water partition coefficient (Wildman–Crippen LogP) is 1.15. The molecule has 2 N–H and O–H groups in total. The highest BCUT2D eigenvalue weighted by Gasteiger charge is 2.16. The zero-order valence-electron chi connectivity index (χ0n) is 10.3. The lowest BCUT2D eigenvalue weighted by Gasteiger charge is -2.14. The summed E-state index contributed by atoms with van der Waals surface area (Å²) in [4.78, 5) is 14.9. The van der Waals surface area contributed by atoms with Crippen LogP contribution in [-0.2, 0) is 14.6 Å². The normalized spacial score (nSPS) is 13.0. The summed E-state index contributed by atoms with van der Waals surface area (Å²) in [6.07, 6.45) is 3.51. The molecular formula is C11H16N2O4S. The molecule has 0 aliphatic rings. The van der Waals surface area contributed by atoms with Gasteiger partial charge in [-0.15, -0.1) is 0 Å². The summed E-state index contributed by atoms with van der Waals surface area (Å²) >= 11 is 0. The minimum atomic E-state index is -3.28. The number of aliphatic carboxylic acids is 1. The standard InChI is InChI=1S/C11H16N2O4S/c1-3-4-9(11(14)15)13-10-6-5-8(7-12-10)18(2,16)17/h5-7,9H,3-4H2,1-2H3,(H,12,13)(H,14,15). The van der Waals surface area contributed by atoms with E-state index in [1.807, 2.05) is 6.92 Å². The summed E-state index contributed by atoms with van der Waals surface area (Å²) in [6.45, 7) is 1.89. The Morgan fingerprint density at radius 1 is 1.50 bits per heavy atom. The Labute approximate surface area is 106 Å². The Bertz CT molecular complexity index is 510. The van der Waals surface area contributed by atoms with E-state index >= 15 is 0 Å². The van der Waals surface area contributed by atoms with E-state index in [2.05, 4.69) is 10.3 Å². The molecule has 100 valence electrons. The van der Waals surface area contributed by atoms with Gasteiger partial charge in [0.15, 0.2) is 9.84 Å². The molecule has 1 aromatic heterocycles. The zero-order chi connectivity index (χ0) is 13.8. The molecule has 7 heteroatoms. The largest absolute Gasteiger partial charge is 0.480 e. The minimum Gasteiger partial charge on any atom is -0.480 e. The van der Waals surface area contributed by atoms with Gasteiger partial charge in [0.25, 0.3) is 0 Å². The van der Waals surface area contributed by atoms with Gasteiger partial charge in [0, 0.05) is 12.5 Å². The van der Waals surface area contributed by atoms with Gasteiger partial charge in [0.2, 0.25) is 0 Å². The van der Waals surface area contributed by atoms with E-state index in [0.29, 0.717) is 12.2 Å². The molecule has 0 aliphatic heterocycles. The molecule has 1 heterocycles. The first kappa shape index (κ1) is 14.4. The summed E-state index contributed by atoms with van der Waals surface area (Å²) in [5, 5.41) is 11.7. The first-order chi connectivity index (χ1) is 8.34. The van der Waals surface area contributed by atoms with E-state index in [4.69, 9.17) is 5.11 Å². The van der Waals surface area contributed by atoms with Gasteiger partial charge < -0.3 is 10.4 Å². The summed E-state index contributed by atoms with van der Waals surface area (Å²) in [7, 11) is -3.28. The Morgan fingerprint density at radius 3 is 2.56 bits per heavy atom. The lowest BCUT2D eigenvalue weighted by molar-refractivity contribution is -0.138. The smallest absolute Gasteiger partial charge is 0.326 e. The minimum absolute atomic E-state index is 0.107. The van der Waals surface area contributed by atoms with E-state index in [9.17, 15) is 13.2 Å². The van der Waals surface area contributed by atoms with Crippen molar-refractivity contribution < 1.29 is 18.3 Å². The maximum Gasteiger partial charge on any atom is 0.326 e. The van der Waals surface area contributed by atoms with Gasteiger partial charge in [-0.1, -0.05) is 13.3 Å². The predicted molar refractivity (Wildman–Crippen MR) is 67.3 cm³/mol. The molecule has 0 spiro atoms. The van der Waals surface area contributed by atoms with E-state index in [-0.39, 0.29) is 4.90 Å². The highest BCUT2D eigenvalue weighted by Crippen LogP contribution is 2.12. The van der Waals surface area contributed by atoms with Crippen LogP contribution in [0.25, 0.3) is 0 Å². The molecule has 18 heavy (non-hydrogen) atoms. The highest BCUT2D eigenvalue weighted by atomic mass is 32.2. The molecular weight excluding hydrogens is 256 g/mol. The molecule has 0 fully saturated rings. The van der Waals surface area contributed by atoms with E-state index in [1.54, 1.807) is 0 Å². The van der Waals surface area contributed by atoms with Crippen LogP contribution < -0.4 is 5.32 Å². The Hall–Kier alpha value is -1.63. The number of hydrogen-bond donors (Lipinski definition) is 2. The topological polar surface area (TPSA) is 96.4 Å². The molecule has 1 aromatic rings. The molecule has 0 amide bonds. The van der Waals surface area contributed by atoms with Crippen LogP contribution in [0.3, 0.4) is 0 Å². The molecule has 0 bridgehead atoms. The summed E-state index contributed by atoms with van der Waals surface area (Å²) in [5.41, 5.74) is 0. The molecule has 6 nitrogen and oxygen atoms in total. The number of nitrogens with one attached hydrogen (secondary N) is 1. The van der Waals surface area contributed by atoms with Crippen molar-refractivity contribution in [2.45, 2.75) is 30.7 Å². The molecule has 0 aromatic carbocycles. The third kappa shape index (κ3) is 3.99. The van der Waals surface area contributed by atoms with Crippen LogP contribution in [0.5, 0.6) is 0 Å². The van der Waals surface area contributed by atoms with Crippen LogP contribution >= 0.6 is 0 Å². The summed E-state index contributed by atoms with van der Waals surface area (Å²) in [6, 6.07) is 2.14. The molecule has 1 rings (SSSR count). The fourth-order valence-electron chi connectivity index (χ4n) is 1.41. The lowest BCUT2D eigenvalue weighted by atomic mass is 10.2. The molecule has 0 radical (unpaired) electrons. The van der Waals surface area contributed by atoms with Crippen molar-refractivity contribution in [2.24, 2.45) is 0 Å². The number of aromatic nitrogens is 1. The SMILES string of the molecule is CCCC(Nc1ccc(S(C)(=O)=O)cn1)C(=O)O. The molecule has 1 unspecified atom stereocenters. The van der Waals surface area contributed by atoms with Gasteiger partial charge in [0.1, 0.15) is 11.9 Å². The van der Waals surface area contributed by atoms with E-state index in [0.717, 1.165) is 12.7 Å². The third-order valence-electron chi connectivity index (χ3n) is 2.36. The number of hydrogen-bond acceptors (Lipinski definition) is 5. The van der Waals surface area contributed by atoms with E-state index in [1.165, 1.54) is 18.3 Å². The van der Waals surface area contributed by atoms with Crippen LogP contribution in [-0.4, -0.2) is 36.8 Å². The molecule has 0 saturated heterocycles. The van der Waals surface area contributed by atoms with Crippen LogP contribution in [0.4, 0.5) is 5.82 Å². The first-order valence-corrected chi connectivity index (χ1v) is 7.39. The lowest BCUT2D eigenvalue weighted by Crippen LogP contribution is -2.29. The van der Waals surface area contributed by atoms with Crippen LogP contribution in [0.2, 0.25) is 0 Å². The quantitative estimate of drug-likeness (QED) is 0.806. The van der Waals surface area contributed by atoms with Gasteiger partial charge in [-0.25, -0.2) is 18.2 Å². The number of sulfone groups is 1. The van der Waals surface area contributed by atoms with Gasteiger partial charge in [-0.05, 0) is 18.6 Å². The maximum atomic E-state index is 11.2. The Kier molecular flexibility index (Phi) is 4.66. The third-order valence-corrected chi connectivity index (χ3v) is 3.46. The maximum absolute atomic E-state index is 11.2. The van der Waals surface area contributed by atoms with Gasteiger partial charge in [-0.3, -0.25) is 0 Å². The number of anilines is 1. The second kappa shape index (κ2) is 5.81. The number of carbonyl (C=O) groups is 1. The number of carboxylic acids is 1. The van der Waals surface area contributed by atoms with Crippen LogP contribution in [0.1, 0.15) is 19.8 Å². The van der Waals surface area contributed by atoms with Crippen molar-refractivity contribution in [3.05, 3.63) is 18.3 Å². The Balaban J connectivity index is 2.83. The molecule has 0 saturated carbocycles. The summed E-state index contributed by atoms with van der Waals surface area (Å²) < 4.78 is 22.4. The number of carboxylic acid groups (broad SMARTS) is 1. The molecule has 1 atom stereocenters. The second-order valence-corrected chi connectivity index (χ2v) is 5.99. The first-order valence-electron chi connectivity index (χ1n) is 5.50. The monoisotopic (exact) mass is 272 g/mol. The number of nitrogens with zero attached hydrogens (tertiary/aromatic N) is 1. The van der Waals surface area contributed by atoms with Crippen molar-refractivity contribution in [3.8, 4) is 0 Å². The fourth-order valence-corrected chi connectivity index (χ4v) is 1.97. The average molecular weight is 272 g/mol. The van der Waals surface area contributed by atoms with E-state index < -0.39 is 21.8 Å². The van der Waals surface area contributed by atoms with Crippen molar-refractivity contribution in [1.29, 1.82) is 0 Å².